The Kier molecular flexibility index (Phi) is 2.72. The van der Waals surface area contributed by atoms with Gasteiger partial charge in [0, 0.05) is 24.1 Å². The molecule has 5 heteroatoms. The van der Waals surface area contributed by atoms with E-state index in [0.717, 1.165) is 22.5 Å². The summed E-state index contributed by atoms with van der Waals surface area (Å²) in [4.78, 5) is 7.33. The maximum absolute atomic E-state index is 5.92. The van der Waals surface area contributed by atoms with Crippen molar-refractivity contribution in [2.75, 3.05) is 0 Å². The molecule has 1 N–H and O–H groups in total. The Balaban J connectivity index is 1.78. The molecule has 0 aliphatic heterocycles. The van der Waals surface area contributed by atoms with E-state index in [9.17, 15) is 0 Å². The van der Waals surface area contributed by atoms with Gasteiger partial charge in [0.2, 0.25) is 0 Å². The first kappa shape index (κ1) is 11.2. The molecule has 0 atom stereocenters. The monoisotopic (exact) mass is 261 g/mol. The molecule has 0 aliphatic rings. The fourth-order valence-corrected chi connectivity index (χ4v) is 1.97. The smallest absolute Gasteiger partial charge is 0.147 e. The summed E-state index contributed by atoms with van der Waals surface area (Å²) >= 11 is 5.92. The van der Waals surface area contributed by atoms with Crippen molar-refractivity contribution in [2.24, 2.45) is 7.05 Å². The normalized spacial score (nSPS) is 11.0. The molecular formula is C13H12ClN3O. The van der Waals surface area contributed by atoms with Crippen LogP contribution in [0.5, 0.6) is 5.75 Å². The number of hydrogen-bond acceptors (Lipinski definition) is 2. The van der Waals surface area contributed by atoms with E-state index in [-0.39, 0.29) is 0 Å². The van der Waals surface area contributed by atoms with Crippen molar-refractivity contribution in [1.82, 2.24) is 14.5 Å². The van der Waals surface area contributed by atoms with Crippen molar-refractivity contribution in [3.05, 3.63) is 47.6 Å². The zero-order valence-corrected chi connectivity index (χ0v) is 10.6. The number of benzene rings is 1. The second-order valence-corrected chi connectivity index (χ2v) is 4.46. The standard InChI is InChI=1S/C13H12ClN3O/c1-17-12(14)7-16-13(17)8-18-10-2-3-11-9(6-10)4-5-15-11/h2-7,15H,8H2,1H3. The SMILES string of the molecule is Cn1c(Cl)cnc1COc1ccc2[nH]ccc2c1. The van der Waals surface area contributed by atoms with Gasteiger partial charge in [-0.1, -0.05) is 11.6 Å². The molecule has 2 aromatic heterocycles. The largest absolute Gasteiger partial charge is 0.486 e. The molecule has 92 valence electrons. The van der Waals surface area contributed by atoms with Gasteiger partial charge in [-0.25, -0.2) is 4.98 Å². The number of fused-ring (bicyclic) bond motifs is 1. The van der Waals surface area contributed by atoms with Gasteiger partial charge in [0.25, 0.3) is 0 Å². The van der Waals surface area contributed by atoms with Crippen LogP contribution in [0.4, 0.5) is 0 Å². The van der Waals surface area contributed by atoms with Gasteiger partial charge in [0.05, 0.1) is 6.20 Å². The molecule has 0 radical (unpaired) electrons. The molecular weight excluding hydrogens is 250 g/mol. The van der Waals surface area contributed by atoms with Crippen molar-refractivity contribution in [2.45, 2.75) is 6.61 Å². The van der Waals surface area contributed by atoms with Crippen LogP contribution in [0.2, 0.25) is 5.15 Å². The molecule has 4 nitrogen and oxygen atoms in total. The Morgan fingerprint density at radius 3 is 3.06 bits per heavy atom. The molecule has 3 aromatic rings. The first-order valence-corrected chi connectivity index (χ1v) is 5.98. The van der Waals surface area contributed by atoms with Gasteiger partial charge in [0.1, 0.15) is 23.3 Å². The Morgan fingerprint density at radius 1 is 1.39 bits per heavy atom. The summed E-state index contributed by atoms with van der Waals surface area (Å²) in [5.74, 6) is 1.62. The van der Waals surface area contributed by atoms with E-state index in [1.54, 1.807) is 10.8 Å². The average Bonchev–Trinajstić information content (AvgIpc) is 2.96. The maximum Gasteiger partial charge on any atom is 0.147 e. The van der Waals surface area contributed by atoms with E-state index in [2.05, 4.69) is 9.97 Å². The molecule has 0 fully saturated rings. The van der Waals surface area contributed by atoms with Gasteiger partial charge in [-0.15, -0.1) is 0 Å². The van der Waals surface area contributed by atoms with E-state index in [1.807, 2.05) is 37.5 Å². The average molecular weight is 262 g/mol. The first-order chi connectivity index (χ1) is 8.74. The number of hydrogen-bond donors (Lipinski definition) is 1. The summed E-state index contributed by atoms with van der Waals surface area (Å²) in [7, 11) is 1.86. The third-order valence-corrected chi connectivity index (χ3v) is 3.27. The molecule has 2 heterocycles. The second kappa shape index (κ2) is 4.38. The number of imidazole rings is 1. The molecule has 0 saturated heterocycles. The van der Waals surface area contributed by atoms with Crippen molar-refractivity contribution < 1.29 is 4.74 Å². The zero-order chi connectivity index (χ0) is 12.5. The van der Waals surface area contributed by atoms with Crippen LogP contribution in [-0.2, 0) is 13.7 Å². The summed E-state index contributed by atoms with van der Waals surface area (Å²) < 4.78 is 7.51. The molecule has 0 bridgehead atoms. The third-order valence-electron chi connectivity index (χ3n) is 2.92. The van der Waals surface area contributed by atoms with Gasteiger partial charge >= 0.3 is 0 Å². The lowest BCUT2D eigenvalue weighted by Crippen LogP contribution is -2.03. The van der Waals surface area contributed by atoms with Crippen LogP contribution in [0.3, 0.4) is 0 Å². The van der Waals surface area contributed by atoms with Gasteiger partial charge in [0.15, 0.2) is 0 Å². The number of aromatic nitrogens is 3. The molecule has 0 unspecified atom stereocenters. The quantitative estimate of drug-likeness (QED) is 0.787. The van der Waals surface area contributed by atoms with E-state index in [0.29, 0.717) is 11.8 Å². The van der Waals surface area contributed by atoms with Crippen molar-refractivity contribution in [3.8, 4) is 5.75 Å². The molecule has 0 aliphatic carbocycles. The number of nitrogens with zero attached hydrogens (tertiary/aromatic N) is 2. The van der Waals surface area contributed by atoms with E-state index < -0.39 is 0 Å². The highest BCUT2D eigenvalue weighted by Crippen LogP contribution is 2.20. The van der Waals surface area contributed by atoms with Crippen LogP contribution < -0.4 is 4.74 Å². The molecule has 18 heavy (non-hydrogen) atoms. The van der Waals surface area contributed by atoms with Gasteiger partial charge in [-0.2, -0.15) is 0 Å². The van der Waals surface area contributed by atoms with Gasteiger partial charge in [-0.05, 0) is 24.3 Å². The fourth-order valence-electron chi connectivity index (χ4n) is 1.83. The number of aromatic amines is 1. The fraction of sp³-hybridized carbons (Fsp3) is 0.154. The number of rotatable bonds is 3. The summed E-state index contributed by atoms with van der Waals surface area (Å²) in [6, 6.07) is 7.94. The number of nitrogens with one attached hydrogen (secondary N) is 1. The Bertz CT molecular complexity index is 686. The zero-order valence-electron chi connectivity index (χ0n) is 9.85. The number of ether oxygens (including phenoxy) is 1. The van der Waals surface area contributed by atoms with E-state index in [4.69, 9.17) is 16.3 Å². The lowest BCUT2D eigenvalue weighted by atomic mass is 10.2. The van der Waals surface area contributed by atoms with Crippen molar-refractivity contribution in [3.63, 3.8) is 0 Å². The summed E-state index contributed by atoms with van der Waals surface area (Å²) in [6.07, 6.45) is 3.53. The van der Waals surface area contributed by atoms with Crippen LogP contribution in [0.25, 0.3) is 10.9 Å². The summed E-state index contributed by atoms with van der Waals surface area (Å²) in [6.45, 7) is 0.402. The molecule has 0 saturated carbocycles. The van der Waals surface area contributed by atoms with Crippen LogP contribution in [-0.4, -0.2) is 14.5 Å². The van der Waals surface area contributed by atoms with Crippen LogP contribution in [0, 0.1) is 0 Å². The highest BCUT2D eigenvalue weighted by Gasteiger charge is 2.05. The summed E-state index contributed by atoms with van der Waals surface area (Å²) in [5.41, 5.74) is 1.10. The highest BCUT2D eigenvalue weighted by molar-refractivity contribution is 6.29. The van der Waals surface area contributed by atoms with E-state index in [1.165, 1.54) is 0 Å². The Morgan fingerprint density at radius 2 is 2.28 bits per heavy atom. The van der Waals surface area contributed by atoms with Crippen LogP contribution >= 0.6 is 11.6 Å². The predicted octanol–water partition coefficient (Wildman–Crippen LogP) is 3.13. The minimum absolute atomic E-state index is 0.402. The molecule has 3 rings (SSSR count). The predicted molar refractivity (Wildman–Crippen MR) is 70.8 cm³/mol. The second-order valence-electron chi connectivity index (χ2n) is 4.07. The third kappa shape index (κ3) is 1.95. The van der Waals surface area contributed by atoms with Gasteiger partial charge in [-0.3, -0.25) is 0 Å². The van der Waals surface area contributed by atoms with Crippen molar-refractivity contribution in [1.29, 1.82) is 0 Å². The Labute approximate surface area is 109 Å². The van der Waals surface area contributed by atoms with Crippen molar-refractivity contribution >= 4 is 22.5 Å². The topological polar surface area (TPSA) is 42.8 Å². The molecule has 0 amide bonds. The number of H-pyrrole nitrogens is 1. The van der Waals surface area contributed by atoms with Crippen LogP contribution in [0.1, 0.15) is 5.82 Å². The van der Waals surface area contributed by atoms with Crippen LogP contribution in [0.15, 0.2) is 36.7 Å². The minimum Gasteiger partial charge on any atom is -0.486 e. The minimum atomic E-state index is 0.402. The highest BCUT2D eigenvalue weighted by atomic mass is 35.5. The summed E-state index contributed by atoms with van der Waals surface area (Å²) in [5, 5.41) is 1.74. The lowest BCUT2D eigenvalue weighted by molar-refractivity contribution is 0.292. The van der Waals surface area contributed by atoms with E-state index >= 15 is 0 Å². The molecule has 1 aromatic carbocycles. The maximum atomic E-state index is 5.92. The molecule has 0 spiro atoms. The Hall–Kier alpha value is -1.94. The number of halogens is 1. The van der Waals surface area contributed by atoms with Gasteiger partial charge < -0.3 is 14.3 Å². The first-order valence-electron chi connectivity index (χ1n) is 5.60. The lowest BCUT2D eigenvalue weighted by Gasteiger charge is -2.06.